The Morgan fingerprint density at radius 3 is 2.23 bits per heavy atom. The number of nitrogens with zero attached hydrogens (tertiary/aromatic N) is 1. The minimum Gasteiger partial charge on any atom is -0.379 e. The maximum atomic E-state index is 12.8. The lowest BCUT2D eigenvalue weighted by atomic mass is 10.0. The second-order valence-electron chi connectivity index (χ2n) is 6.72. The van der Waals surface area contributed by atoms with Crippen LogP contribution in [0.4, 0.5) is 8.78 Å². The van der Waals surface area contributed by atoms with Gasteiger partial charge in [-0.15, -0.1) is 13.2 Å². The summed E-state index contributed by atoms with van der Waals surface area (Å²) in [5.74, 6) is 3.21. The molecule has 30 heavy (non-hydrogen) atoms. The molecule has 1 heterocycles. The van der Waals surface area contributed by atoms with Crippen LogP contribution < -0.4 is 11.1 Å². The predicted octanol–water partition coefficient (Wildman–Crippen LogP) is 2.05. The van der Waals surface area contributed by atoms with Gasteiger partial charge in [0.1, 0.15) is 6.04 Å². The number of amides is 2. The van der Waals surface area contributed by atoms with Gasteiger partial charge in [0, 0.05) is 30.1 Å². The number of nitrogens with two attached hydrogens (primary N) is 1. The molecule has 1 aromatic carbocycles. The zero-order valence-corrected chi connectivity index (χ0v) is 17.4. The lowest BCUT2D eigenvalue weighted by Gasteiger charge is -2.29. The van der Waals surface area contributed by atoms with E-state index in [1.54, 1.807) is 12.1 Å². The Labute approximate surface area is 176 Å². The van der Waals surface area contributed by atoms with Gasteiger partial charge < -0.3 is 15.8 Å². The monoisotopic (exact) mass is 421 g/mol. The number of nitrogens with one attached hydrogen (secondary N) is 1. The van der Waals surface area contributed by atoms with Crippen LogP contribution in [0.2, 0.25) is 0 Å². The van der Waals surface area contributed by atoms with Crippen LogP contribution in [0.25, 0.3) is 0 Å². The summed E-state index contributed by atoms with van der Waals surface area (Å²) in [6.45, 7) is 12.3. The molecule has 164 valence electrons. The molecule has 2 rings (SSSR count). The van der Waals surface area contributed by atoms with Crippen molar-refractivity contribution in [3.8, 4) is 11.8 Å². The smallest absolute Gasteiger partial charge is 0.251 e. The van der Waals surface area contributed by atoms with E-state index in [9.17, 15) is 18.4 Å². The Morgan fingerprint density at radius 1 is 1.17 bits per heavy atom. The molecule has 0 radical (unpaired) electrons. The molecule has 3 N–H and O–H groups in total. The highest BCUT2D eigenvalue weighted by Crippen LogP contribution is 2.14. The largest absolute Gasteiger partial charge is 0.379 e. The fraction of sp³-hybridized carbons (Fsp3) is 0.455. The van der Waals surface area contributed by atoms with Crippen molar-refractivity contribution in [2.75, 3.05) is 26.3 Å². The molecule has 1 aromatic rings. The van der Waals surface area contributed by atoms with Gasteiger partial charge >= 0.3 is 0 Å². The Kier molecular flexibility index (Phi) is 10.7. The SMILES string of the molecule is C=C.CC(C(F)F)C(NC(=O)c1ccc(C#CC(C)N2CCOCC2)cc1)C(N)=O. The maximum Gasteiger partial charge on any atom is 0.251 e. The van der Waals surface area contributed by atoms with E-state index in [-0.39, 0.29) is 11.6 Å². The van der Waals surface area contributed by atoms with Crippen LogP contribution >= 0.6 is 0 Å². The van der Waals surface area contributed by atoms with E-state index in [2.05, 4.69) is 35.2 Å². The van der Waals surface area contributed by atoms with Gasteiger partial charge in [0.2, 0.25) is 12.3 Å². The lowest BCUT2D eigenvalue weighted by molar-refractivity contribution is -0.122. The lowest BCUT2D eigenvalue weighted by Crippen LogP contribution is -2.50. The number of halogens is 2. The Bertz CT molecular complexity index is 753. The number of ether oxygens (including phenoxy) is 1. The van der Waals surface area contributed by atoms with Crippen LogP contribution in [-0.4, -0.2) is 61.5 Å². The van der Waals surface area contributed by atoms with Gasteiger partial charge in [-0.1, -0.05) is 18.8 Å². The number of hydrogen-bond donors (Lipinski definition) is 2. The molecule has 1 saturated heterocycles. The summed E-state index contributed by atoms with van der Waals surface area (Å²) >= 11 is 0. The number of rotatable bonds is 6. The van der Waals surface area contributed by atoms with Crippen molar-refractivity contribution in [2.45, 2.75) is 32.4 Å². The van der Waals surface area contributed by atoms with Crippen molar-refractivity contribution >= 4 is 11.8 Å². The van der Waals surface area contributed by atoms with Crippen LogP contribution in [0, 0.1) is 17.8 Å². The highest BCUT2D eigenvalue weighted by molar-refractivity contribution is 5.97. The third-order valence-corrected chi connectivity index (χ3v) is 4.68. The fourth-order valence-electron chi connectivity index (χ4n) is 2.78. The van der Waals surface area contributed by atoms with Crippen molar-refractivity contribution in [1.82, 2.24) is 10.2 Å². The number of benzene rings is 1. The highest BCUT2D eigenvalue weighted by Gasteiger charge is 2.31. The zero-order chi connectivity index (χ0) is 22.7. The van der Waals surface area contributed by atoms with Gasteiger partial charge in [-0.2, -0.15) is 0 Å². The molecule has 1 aliphatic rings. The summed E-state index contributed by atoms with van der Waals surface area (Å²) in [7, 11) is 0. The number of alkyl halides is 2. The van der Waals surface area contributed by atoms with Crippen LogP contribution in [-0.2, 0) is 9.53 Å². The van der Waals surface area contributed by atoms with Crippen LogP contribution in [0.3, 0.4) is 0 Å². The predicted molar refractivity (Wildman–Crippen MR) is 112 cm³/mol. The van der Waals surface area contributed by atoms with Crippen molar-refractivity contribution in [3.05, 3.63) is 48.6 Å². The Morgan fingerprint density at radius 2 is 1.73 bits per heavy atom. The molecule has 0 spiro atoms. The minimum absolute atomic E-state index is 0.0824. The molecule has 3 atom stereocenters. The molecule has 6 nitrogen and oxygen atoms in total. The molecule has 1 aliphatic heterocycles. The van der Waals surface area contributed by atoms with E-state index in [1.165, 1.54) is 12.1 Å². The standard InChI is InChI=1S/C20H25F2N3O3.C2H4/c1-13(25-9-11-28-12-10-25)3-4-15-5-7-16(8-6-15)20(27)24-17(19(23)26)14(2)18(21)22;1-2/h5-8,13-14,17-18H,9-12H2,1-2H3,(H2,23,26)(H,24,27);1-2H2. The van der Waals surface area contributed by atoms with Gasteiger partial charge in [-0.3, -0.25) is 14.5 Å². The van der Waals surface area contributed by atoms with Gasteiger partial charge in [0.05, 0.1) is 19.3 Å². The van der Waals surface area contributed by atoms with Gasteiger partial charge in [0.15, 0.2) is 0 Å². The van der Waals surface area contributed by atoms with Gasteiger partial charge in [-0.25, -0.2) is 8.78 Å². The van der Waals surface area contributed by atoms with Crippen LogP contribution in [0.5, 0.6) is 0 Å². The molecular formula is C22H29F2N3O3. The van der Waals surface area contributed by atoms with E-state index in [0.717, 1.165) is 25.6 Å². The van der Waals surface area contributed by atoms with E-state index < -0.39 is 30.2 Å². The van der Waals surface area contributed by atoms with E-state index in [4.69, 9.17) is 10.5 Å². The number of carbonyl (C=O) groups excluding carboxylic acids is 2. The molecule has 2 amide bonds. The van der Waals surface area contributed by atoms with Gasteiger partial charge in [0.25, 0.3) is 5.91 Å². The number of primary amides is 1. The average Bonchev–Trinajstić information content (AvgIpc) is 2.77. The first-order valence-electron chi connectivity index (χ1n) is 9.61. The molecule has 1 fully saturated rings. The average molecular weight is 421 g/mol. The number of morpholine rings is 1. The third kappa shape index (κ3) is 7.58. The summed E-state index contributed by atoms with van der Waals surface area (Å²) < 4.78 is 31.0. The van der Waals surface area contributed by atoms with Crippen molar-refractivity contribution in [2.24, 2.45) is 11.7 Å². The highest BCUT2D eigenvalue weighted by atomic mass is 19.3. The summed E-state index contributed by atoms with van der Waals surface area (Å²) in [4.78, 5) is 25.9. The second-order valence-corrected chi connectivity index (χ2v) is 6.72. The van der Waals surface area contributed by atoms with Gasteiger partial charge in [-0.05, 0) is 31.2 Å². The third-order valence-electron chi connectivity index (χ3n) is 4.68. The van der Waals surface area contributed by atoms with Crippen molar-refractivity contribution in [1.29, 1.82) is 0 Å². The molecule has 0 aliphatic carbocycles. The molecular weight excluding hydrogens is 392 g/mol. The first-order valence-corrected chi connectivity index (χ1v) is 9.61. The summed E-state index contributed by atoms with van der Waals surface area (Å²) in [6.07, 6.45) is -2.77. The Balaban J connectivity index is 0.00000218. The molecule has 0 bridgehead atoms. The first kappa shape index (κ1) is 25.3. The Hall–Kier alpha value is -2.76. The fourth-order valence-corrected chi connectivity index (χ4v) is 2.78. The maximum absolute atomic E-state index is 12.8. The minimum atomic E-state index is -2.77. The molecule has 0 aromatic heterocycles. The second kappa shape index (κ2) is 12.7. The number of hydrogen-bond acceptors (Lipinski definition) is 4. The van der Waals surface area contributed by atoms with Crippen molar-refractivity contribution in [3.63, 3.8) is 0 Å². The zero-order valence-electron chi connectivity index (χ0n) is 17.4. The van der Waals surface area contributed by atoms with Crippen molar-refractivity contribution < 1.29 is 23.1 Å². The van der Waals surface area contributed by atoms with E-state index in [0.29, 0.717) is 13.2 Å². The molecule has 3 unspecified atom stereocenters. The van der Waals surface area contributed by atoms with Crippen LogP contribution in [0.15, 0.2) is 37.4 Å². The summed E-state index contributed by atoms with van der Waals surface area (Å²) in [5.41, 5.74) is 6.10. The molecule has 8 heteroatoms. The first-order chi connectivity index (χ1) is 14.3. The van der Waals surface area contributed by atoms with Crippen LogP contribution in [0.1, 0.15) is 29.8 Å². The summed E-state index contributed by atoms with van der Waals surface area (Å²) in [6, 6.07) is 5.04. The molecule has 0 saturated carbocycles. The quantitative estimate of drug-likeness (QED) is 0.544. The normalized spacial score (nSPS) is 16.8. The number of carbonyl (C=O) groups is 2. The summed E-state index contributed by atoms with van der Waals surface area (Å²) in [5, 5.41) is 2.28. The topological polar surface area (TPSA) is 84.7 Å². The van der Waals surface area contributed by atoms with E-state index in [1.807, 2.05) is 6.92 Å². The van der Waals surface area contributed by atoms with E-state index >= 15 is 0 Å².